The van der Waals surface area contributed by atoms with Crippen molar-refractivity contribution >= 4 is 29.0 Å². The molecule has 0 saturated heterocycles. The lowest BCUT2D eigenvalue weighted by molar-refractivity contribution is -0.109. The number of halogens is 1. The van der Waals surface area contributed by atoms with Crippen molar-refractivity contribution in [3.63, 3.8) is 0 Å². The molecule has 0 bridgehead atoms. The monoisotopic (exact) mass is 357 g/mol. The van der Waals surface area contributed by atoms with E-state index in [0.29, 0.717) is 30.3 Å². The Hall–Kier alpha value is -2.53. The molecule has 0 aliphatic carbocycles. The van der Waals surface area contributed by atoms with Crippen molar-refractivity contribution in [3.8, 4) is 5.75 Å². The Labute approximate surface area is 151 Å². The van der Waals surface area contributed by atoms with E-state index in [2.05, 4.69) is 14.9 Å². The largest absolute Gasteiger partial charge is 0.492 e. The highest BCUT2D eigenvalue weighted by Crippen LogP contribution is 2.23. The van der Waals surface area contributed by atoms with Crippen LogP contribution in [0.25, 0.3) is 11.0 Å². The maximum absolute atomic E-state index is 10.6. The van der Waals surface area contributed by atoms with Crippen molar-refractivity contribution in [3.05, 3.63) is 59.4 Å². The Balaban J connectivity index is 1.58. The predicted octanol–water partition coefficient (Wildman–Crippen LogP) is 3.79. The molecular formula is C19H20ClN3O2. The Morgan fingerprint density at radius 2 is 1.92 bits per heavy atom. The molecule has 6 heteroatoms. The average Bonchev–Trinajstić information content (AvgIpc) is 2.99. The molecule has 130 valence electrons. The highest BCUT2D eigenvalue weighted by molar-refractivity contribution is 6.32. The number of aryl methyl sites for hydroxylation is 1. The lowest BCUT2D eigenvalue weighted by atomic mass is 10.3. The second kappa shape index (κ2) is 8.53. The summed E-state index contributed by atoms with van der Waals surface area (Å²) in [6.07, 6.45) is 2.54. The van der Waals surface area contributed by atoms with Crippen LogP contribution in [0.3, 0.4) is 0 Å². The van der Waals surface area contributed by atoms with Gasteiger partial charge in [-0.2, -0.15) is 0 Å². The SMILES string of the molecule is O=CNCc1nc2ccccc2n1CCCCOc1ccccc1Cl. The van der Waals surface area contributed by atoms with E-state index in [1.54, 1.807) is 0 Å². The van der Waals surface area contributed by atoms with E-state index < -0.39 is 0 Å². The number of benzene rings is 2. The van der Waals surface area contributed by atoms with Gasteiger partial charge in [0.15, 0.2) is 0 Å². The number of amides is 1. The number of rotatable bonds is 9. The summed E-state index contributed by atoms with van der Waals surface area (Å²) >= 11 is 6.08. The summed E-state index contributed by atoms with van der Waals surface area (Å²) in [5.74, 6) is 1.58. The smallest absolute Gasteiger partial charge is 0.207 e. The minimum atomic E-state index is 0.425. The molecule has 0 aliphatic rings. The number of hydrogen-bond acceptors (Lipinski definition) is 3. The molecule has 0 fully saturated rings. The molecule has 1 N–H and O–H groups in total. The van der Waals surface area contributed by atoms with Gasteiger partial charge in [-0.1, -0.05) is 35.9 Å². The predicted molar refractivity (Wildman–Crippen MR) is 98.8 cm³/mol. The maximum atomic E-state index is 10.6. The van der Waals surface area contributed by atoms with E-state index in [-0.39, 0.29) is 0 Å². The number of fused-ring (bicyclic) bond motifs is 1. The molecule has 3 rings (SSSR count). The fraction of sp³-hybridized carbons (Fsp3) is 0.263. The van der Waals surface area contributed by atoms with E-state index in [1.807, 2.05) is 48.5 Å². The number of unbranched alkanes of at least 4 members (excludes halogenated alkanes) is 1. The number of nitrogens with one attached hydrogen (secondary N) is 1. The quantitative estimate of drug-likeness (QED) is 0.468. The van der Waals surface area contributed by atoms with Gasteiger partial charge in [0.1, 0.15) is 11.6 Å². The van der Waals surface area contributed by atoms with Gasteiger partial charge in [-0.3, -0.25) is 4.79 Å². The third-order valence-corrected chi connectivity index (χ3v) is 4.26. The van der Waals surface area contributed by atoms with Gasteiger partial charge in [0, 0.05) is 6.54 Å². The number of para-hydroxylation sites is 3. The van der Waals surface area contributed by atoms with Crippen LogP contribution in [0.4, 0.5) is 0 Å². The van der Waals surface area contributed by atoms with Crippen LogP contribution < -0.4 is 10.1 Å². The van der Waals surface area contributed by atoms with Crippen molar-refractivity contribution in [2.45, 2.75) is 25.9 Å². The summed E-state index contributed by atoms with van der Waals surface area (Å²) in [5.41, 5.74) is 2.02. The van der Waals surface area contributed by atoms with Gasteiger partial charge in [0.25, 0.3) is 0 Å². The van der Waals surface area contributed by atoms with E-state index in [9.17, 15) is 4.79 Å². The summed E-state index contributed by atoms with van der Waals surface area (Å²) in [5, 5.41) is 3.32. The van der Waals surface area contributed by atoms with Crippen LogP contribution in [-0.2, 0) is 17.9 Å². The molecule has 1 amide bonds. The molecule has 0 saturated carbocycles. The van der Waals surface area contributed by atoms with E-state index in [4.69, 9.17) is 16.3 Å². The summed E-state index contributed by atoms with van der Waals surface area (Å²) in [4.78, 5) is 15.2. The fourth-order valence-electron chi connectivity index (χ4n) is 2.76. The number of nitrogens with zero attached hydrogens (tertiary/aromatic N) is 2. The zero-order valence-corrected chi connectivity index (χ0v) is 14.6. The van der Waals surface area contributed by atoms with Crippen LogP contribution in [0.15, 0.2) is 48.5 Å². The normalized spacial score (nSPS) is 10.8. The summed E-state index contributed by atoms with van der Waals surface area (Å²) in [6, 6.07) is 15.5. The number of hydrogen-bond donors (Lipinski definition) is 1. The number of imidazole rings is 1. The second-order valence-corrected chi connectivity index (χ2v) is 6.06. The van der Waals surface area contributed by atoms with Gasteiger partial charge >= 0.3 is 0 Å². The van der Waals surface area contributed by atoms with Gasteiger partial charge in [-0.25, -0.2) is 4.98 Å². The molecule has 0 unspecified atom stereocenters. The Morgan fingerprint density at radius 3 is 2.76 bits per heavy atom. The molecule has 0 radical (unpaired) electrons. The lowest BCUT2D eigenvalue weighted by Gasteiger charge is -2.10. The maximum Gasteiger partial charge on any atom is 0.207 e. The van der Waals surface area contributed by atoms with E-state index in [1.165, 1.54) is 0 Å². The number of carbonyl (C=O) groups is 1. The molecule has 5 nitrogen and oxygen atoms in total. The number of ether oxygens (including phenoxy) is 1. The molecule has 0 atom stereocenters. The van der Waals surface area contributed by atoms with Gasteiger partial charge in [0.2, 0.25) is 6.41 Å². The van der Waals surface area contributed by atoms with E-state index >= 15 is 0 Å². The van der Waals surface area contributed by atoms with Gasteiger partial charge < -0.3 is 14.6 Å². The molecule has 1 heterocycles. The van der Waals surface area contributed by atoms with Crippen LogP contribution >= 0.6 is 11.6 Å². The van der Waals surface area contributed by atoms with Crippen molar-refractivity contribution in [1.29, 1.82) is 0 Å². The molecule has 0 aliphatic heterocycles. The Bertz CT molecular complexity index is 848. The van der Waals surface area contributed by atoms with Crippen LogP contribution in [0.1, 0.15) is 18.7 Å². The van der Waals surface area contributed by atoms with Crippen molar-refractivity contribution < 1.29 is 9.53 Å². The van der Waals surface area contributed by atoms with Crippen LogP contribution in [0, 0.1) is 0 Å². The number of carbonyl (C=O) groups excluding carboxylic acids is 1. The highest BCUT2D eigenvalue weighted by atomic mass is 35.5. The van der Waals surface area contributed by atoms with Crippen LogP contribution in [0.2, 0.25) is 5.02 Å². The third-order valence-electron chi connectivity index (χ3n) is 3.95. The minimum absolute atomic E-state index is 0.425. The topological polar surface area (TPSA) is 56.2 Å². The number of aromatic nitrogens is 2. The van der Waals surface area contributed by atoms with Crippen molar-refractivity contribution in [2.75, 3.05) is 6.61 Å². The average molecular weight is 358 g/mol. The van der Waals surface area contributed by atoms with Gasteiger partial charge in [-0.15, -0.1) is 0 Å². The third kappa shape index (κ3) is 4.31. The first-order valence-electron chi connectivity index (χ1n) is 8.28. The Morgan fingerprint density at radius 1 is 1.12 bits per heavy atom. The Kier molecular flexibility index (Phi) is 5.90. The van der Waals surface area contributed by atoms with Gasteiger partial charge in [-0.05, 0) is 37.1 Å². The molecule has 0 spiro atoms. The molecule has 3 aromatic rings. The van der Waals surface area contributed by atoms with Crippen LogP contribution in [-0.4, -0.2) is 22.6 Å². The van der Waals surface area contributed by atoms with Crippen molar-refractivity contribution in [2.24, 2.45) is 0 Å². The molecule has 25 heavy (non-hydrogen) atoms. The minimum Gasteiger partial charge on any atom is -0.492 e. The molecule has 2 aromatic carbocycles. The first kappa shape index (κ1) is 17.3. The fourth-order valence-corrected chi connectivity index (χ4v) is 2.95. The second-order valence-electron chi connectivity index (χ2n) is 5.65. The van der Waals surface area contributed by atoms with Crippen LogP contribution in [0.5, 0.6) is 5.75 Å². The first-order valence-corrected chi connectivity index (χ1v) is 8.66. The standard InChI is InChI=1S/C19H20ClN3O2/c20-15-7-1-4-10-18(15)25-12-6-5-11-23-17-9-3-2-8-16(17)22-19(23)13-21-14-24/h1-4,7-10,14H,5-6,11-13H2,(H,21,24). The zero-order valence-electron chi connectivity index (χ0n) is 13.8. The summed E-state index contributed by atoms with van der Waals surface area (Å²) in [6.45, 7) is 1.86. The lowest BCUT2D eigenvalue weighted by Crippen LogP contribution is -2.15. The molecule has 1 aromatic heterocycles. The molecular weight excluding hydrogens is 338 g/mol. The highest BCUT2D eigenvalue weighted by Gasteiger charge is 2.09. The summed E-state index contributed by atoms with van der Waals surface area (Å²) in [7, 11) is 0. The zero-order chi connectivity index (χ0) is 17.5. The van der Waals surface area contributed by atoms with Gasteiger partial charge in [0.05, 0.1) is 29.2 Å². The van der Waals surface area contributed by atoms with E-state index in [0.717, 1.165) is 36.2 Å². The summed E-state index contributed by atoms with van der Waals surface area (Å²) < 4.78 is 7.88. The van der Waals surface area contributed by atoms with Crippen molar-refractivity contribution in [1.82, 2.24) is 14.9 Å². The first-order chi connectivity index (χ1) is 12.3.